The fourth-order valence-corrected chi connectivity index (χ4v) is 7.13. The van der Waals surface area contributed by atoms with Gasteiger partial charge in [0.1, 0.15) is 0 Å². The van der Waals surface area contributed by atoms with Crippen molar-refractivity contribution in [3.8, 4) is 23.0 Å². The van der Waals surface area contributed by atoms with Crippen LogP contribution in [0.4, 0.5) is 0 Å². The molecule has 0 saturated carbocycles. The summed E-state index contributed by atoms with van der Waals surface area (Å²) in [5.41, 5.74) is 0. The molecule has 0 radical (unpaired) electrons. The first-order chi connectivity index (χ1) is 12.2. The van der Waals surface area contributed by atoms with Gasteiger partial charge < -0.3 is 0 Å². The van der Waals surface area contributed by atoms with Gasteiger partial charge in [0.05, 0.1) is 0 Å². The molecule has 2 aliphatic heterocycles. The van der Waals surface area contributed by atoms with Gasteiger partial charge in [0.2, 0.25) is 0 Å². The number of unbranched alkanes of at least 4 members (excludes halogenated alkanes) is 1. The van der Waals surface area contributed by atoms with Crippen molar-refractivity contribution in [2.24, 2.45) is 0 Å². The van der Waals surface area contributed by atoms with Crippen LogP contribution in [0.2, 0.25) is 6.04 Å². The summed E-state index contributed by atoms with van der Waals surface area (Å²) in [4.78, 5) is 0. The van der Waals surface area contributed by atoms with Gasteiger partial charge in [-0.3, -0.25) is 0 Å². The van der Waals surface area contributed by atoms with Gasteiger partial charge >= 0.3 is 148 Å². The molecule has 134 valence electrons. The summed E-state index contributed by atoms with van der Waals surface area (Å²) in [6.07, 6.45) is 3.23. The van der Waals surface area contributed by atoms with E-state index < -0.39 is 8.33 Å². The molecule has 5 nitrogen and oxygen atoms in total. The Labute approximate surface area is 148 Å². The van der Waals surface area contributed by atoms with Gasteiger partial charge in [-0.1, -0.05) is 0 Å². The first-order valence-corrected chi connectivity index (χ1v) is 11.4. The molecule has 0 bridgehead atoms. The van der Waals surface area contributed by atoms with Gasteiger partial charge in [0.15, 0.2) is 0 Å². The van der Waals surface area contributed by atoms with E-state index in [1.807, 2.05) is 48.5 Å². The van der Waals surface area contributed by atoms with E-state index in [1.54, 1.807) is 0 Å². The molecule has 0 fully saturated rings. The molecule has 0 saturated heterocycles. The van der Waals surface area contributed by atoms with Crippen molar-refractivity contribution in [2.75, 3.05) is 13.1 Å². The Morgan fingerprint density at radius 3 is 1.60 bits per heavy atom. The molecule has 0 aliphatic carbocycles. The second-order valence-electron chi connectivity index (χ2n) is 6.59. The molecule has 2 aromatic carbocycles. The Morgan fingerprint density at radius 1 is 0.720 bits per heavy atom. The number of nitrogens with one attached hydrogen (secondary N) is 1. The third-order valence-corrected chi connectivity index (χ3v) is 8.20. The molecule has 2 aliphatic rings. The summed E-state index contributed by atoms with van der Waals surface area (Å²) in [7, 11) is -4.03. The van der Waals surface area contributed by atoms with Gasteiger partial charge in [-0.05, 0) is 0 Å². The van der Waals surface area contributed by atoms with E-state index in [4.69, 9.17) is 17.7 Å². The SMILES string of the molecule is CCCCNCCC[Si-]12(Oc3ccccc3O1)Oc1ccccc1O2. The van der Waals surface area contributed by atoms with Crippen molar-refractivity contribution in [1.29, 1.82) is 0 Å². The van der Waals surface area contributed by atoms with Gasteiger partial charge in [-0.15, -0.1) is 0 Å². The summed E-state index contributed by atoms with van der Waals surface area (Å²) >= 11 is 0. The number of hydrogen-bond acceptors (Lipinski definition) is 5. The van der Waals surface area contributed by atoms with Crippen LogP contribution in [0.3, 0.4) is 0 Å². The van der Waals surface area contributed by atoms with Gasteiger partial charge in [-0.25, -0.2) is 0 Å². The Hall–Kier alpha value is -2.18. The first-order valence-electron chi connectivity index (χ1n) is 9.06. The predicted octanol–water partition coefficient (Wildman–Crippen LogP) is 4.10. The van der Waals surface area contributed by atoms with E-state index in [2.05, 4.69) is 12.2 Å². The quantitative estimate of drug-likeness (QED) is 0.596. The molecule has 2 heterocycles. The van der Waals surface area contributed by atoms with Crippen molar-refractivity contribution >= 4 is 8.33 Å². The summed E-state index contributed by atoms with van der Waals surface area (Å²) < 4.78 is 25.2. The zero-order valence-electron chi connectivity index (χ0n) is 14.5. The van der Waals surface area contributed by atoms with E-state index in [1.165, 1.54) is 12.8 Å². The van der Waals surface area contributed by atoms with Crippen molar-refractivity contribution in [2.45, 2.75) is 32.2 Å². The normalized spacial score (nSPS) is 19.5. The topological polar surface area (TPSA) is 49.0 Å². The average Bonchev–Trinajstić information content (AvgIpc) is 3.12. The van der Waals surface area contributed by atoms with Crippen LogP contribution in [0.25, 0.3) is 0 Å². The Balaban J connectivity index is 1.54. The molecular formula is C19H24NO4Si-. The third-order valence-electron chi connectivity index (χ3n) is 4.57. The van der Waals surface area contributed by atoms with E-state index in [0.717, 1.165) is 19.5 Å². The Kier molecular flexibility index (Phi) is 4.09. The molecule has 0 atom stereocenters. The van der Waals surface area contributed by atoms with Gasteiger partial charge in [0, 0.05) is 0 Å². The average molecular weight is 358 g/mol. The van der Waals surface area contributed by atoms with Crippen molar-refractivity contribution in [3.05, 3.63) is 48.5 Å². The van der Waals surface area contributed by atoms with Crippen LogP contribution < -0.4 is 23.0 Å². The first kappa shape index (κ1) is 16.3. The molecule has 2 aromatic rings. The second-order valence-corrected chi connectivity index (χ2v) is 10.1. The molecule has 0 amide bonds. The minimum absolute atomic E-state index is 0.600. The maximum atomic E-state index is 6.31. The van der Waals surface area contributed by atoms with Crippen LogP contribution in [0.5, 0.6) is 23.0 Å². The summed E-state index contributed by atoms with van der Waals surface area (Å²) in [5.74, 6) is 2.79. The Bertz CT molecular complexity index is 654. The van der Waals surface area contributed by atoms with Crippen LogP contribution in [-0.4, -0.2) is 21.4 Å². The van der Waals surface area contributed by atoms with E-state index in [9.17, 15) is 0 Å². The van der Waals surface area contributed by atoms with E-state index in [-0.39, 0.29) is 0 Å². The fraction of sp³-hybridized carbons (Fsp3) is 0.368. The molecular weight excluding hydrogens is 334 g/mol. The fourth-order valence-electron chi connectivity index (χ4n) is 3.35. The molecule has 25 heavy (non-hydrogen) atoms. The summed E-state index contributed by atoms with van der Waals surface area (Å²) in [6, 6.07) is 15.9. The molecule has 0 unspecified atom stereocenters. The molecule has 1 N–H and O–H groups in total. The van der Waals surface area contributed by atoms with Crippen molar-refractivity contribution in [3.63, 3.8) is 0 Å². The number of benzene rings is 2. The zero-order chi connectivity index (χ0) is 17.2. The molecule has 4 rings (SSSR count). The maximum absolute atomic E-state index is 6.31. The number of fused-ring (bicyclic) bond motifs is 2. The van der Waals surface area contributed by atoms with Crippen LogP contribution in [0.15, 0.2) is 48.5 Å². The molecule has 6 heteroatoms. The van der Waals surface area contributed by atoms with Crippen LogP contribution in [0, 0.1) is 0 Å². The van der Waals surface area contributed by atoms with Crippen molar-refractivity contribution in [1.82, 2.24) is 5.32 Å². The summed E-state index contributed by atoms with van der Waals surface area (Å²) in [5, 5.41) is 3.46. The summed E-state index contributed by atoms with van der Waals surface area (Å²) in [6.45, 7) is 4.10. The van der Waals surface area contributed by atoms with Crippen LogP contribution >= 0.6 is 0 Å². The number of hydrogen-bond donors (Lipinski definition) is 1. The van der Waals surface area contributed by atoms with E-state index >= 15 is 0 Å². The second kappa shape index (κ2) is 6.27. The predicted molar refractivity (Wildman–Crippen MR) is 98.4 cm³/mol. The van der Waals surface area contributed by atoms with E-state index in [0.29, 0.717) is 29.0 Å². The molecule has 0 aromatic heterocycles. The zero-order valence-corrected chi connectivity index (χ0v) is 15.5. The Morgan fingerprint density at radius 2 is 1.16 bits per heavy atom. The monoisotopic (exact) mass is 358 g/mol. The third kappa shape index (κ3) is 2.96. The number of rotatable bonds is 7. The van der Waals surface area contributed by atoms with Gasteiger partial charge in [0.25, 0.3) is 0 Å². The van der Waals surface area contributed by atoms with Crippen LogP contribution in [0.1, 0.15) is 26.2 Å². The number of para-hydroxylation sites is 4. The molecule has 1 spiro atoms. The van der Waals surface area contributed by atoms with Crippen molar-refractivity contribution < 1.29 is 17.7 Å². The minimum atomic E-state index is -4.03. The van der Waals surface area contributed by atoms with Gasteiger partial charge in [-0.2, -0.15) is 0 Å². The standard InChI is InChI=1S/C19H24NO4Si/c1-2-3-13-20-14-8-15-25(21-16-9-4-5-10-17(16)22-25)23-18-11-6-7-12-19(18)24-25/h4-7,9-12,20H,2-3,8,13-15H2,1H3/q-1. The van der Waals surface area contributed by atoms with Crippen LogP contribution in [-0.2, 0) is 0 Å².